The van der Waals surface area contributed by atoms with E-state index in [1.807, 2.05) is 40.7 Å². The van der Waals surface area contributed by atoms with Crippen LogP contribution < -0.4 is 21.3 Å². The number of fused-ring (bicyclic) bond motifs is 1. The molecule has 3 saturated heterocycles. The molecule has 0 aromatic heterocycles. The molecule has 0 aliphatic carbocycles. The number of likely N-dealkylation sites (tertiary alicyclic amines) is 1. The van der Waals surface area contributed by atoms with Crippen molar-refractivity contribution in [3.63, 3.8) is 0 Å². The second-order valence-corrected chi connectivity index (χ2v) is 27.9. The maximum Gasteiger partial charge on any atom is 0.246 e. The summed E-state index contributed by atoms with van der Waals surface area (Å²) in [6.45, 7) is 13.5. The number of hydrogen-bond acceptors (Lipinski definition) is 12. The van der Waals surface area contributed by atoms with Gasteiger partial charge in [0.25, 0.3) is 0 Å². The standard InChI is InChI=1S/C68H98FIN12O12/c1-16-22-48-62(89)80(15)68(8,9)67(94)73-50(33-41(3)4)61(88)78(13)54(65(92)81-30-19-18-20-31-81)38-56(84)77(12)52(34-42(5)6)60(87)74-58(43(7)17-2)66(93)76(11)40-57(85)82-32-29-51(82)64(91)79(14)53(37-44-25-27-46(69)28-26-44)63(90)75(10)39-55(83)71-49(59(86)72-48)36-45-23-21-24-47(70)35-45/h1,21,23-28,35,41-43,48-54,58H,17-20,22,29-34,36-40H2,2-15H3,(H,71,83)(H,72,86)(H,73,94)(H,74,87)/t43-,48-,49-,50-,51?,52-,53-,54-,58-/m0/s1. The van der Waals surface area contributed by atoms with E-state index < -0.39 is 156 Å². The van der Waals surface area contributed by atoms with Crippen LogP contribution in [0.25, 0.3) is 0 Å². The number of carbonyl (C=O) groups is 12. The molecule has 0 radical (unpaired) electrons. The van der Waals surface area contributed by atoms with E-state index in [4.69, 9.17) is 6.42 Å². The Balaban J connectivity index is 1.61. The summed E-state index contributed by atoms with van der Waals surface area (Å²) in [5, 5.41) is 11.1. The van der Waals surface area contributed by atoms with Crippen molar-refractivity contribution >= 4 is 93.5 Å². The van der Waals surface area contributed by atoms with Gasteiger partial charge in [0.2, 0.25) is 70.9 Å². The zero-order chi connectivity index (χ0) is 70.2. The summed E-state index contributed by atoms with van der Waals surface area (Å²) in [7, 11) is 8.23. The number of amides is 12. The van der Waals surface area contributed by atoms with Crippen LogP contribution in [-0.2, 0) is 70.4 Å². The Morgan fingerprint density at radius 1 is 0.649 bits per heavy atom. The molecule has 0 saturated carbocycles. The van der Waals surface area contributed by atoms with Gasteiger partial charge in [-0.2, -0.15) is 0 Å². The molecule has 26 heteroatoms. The first-order valence-corrected chi connectivity index (χ1v) is 33.5. The van der Waals surface area contributed by atoms with Gasteiger partial charge in [-0.15, -0.1) is 12.3 Å². The lowest BCUT2D eigenvalue weighted by Crippen LogP contribution is -2.64. The minimum absolute atomic E-state index is 0.0521. The molecule has 94 heavy (non-hydrogen) atoms. The third-order valence-electron chi connectivity index (χ3n) is 18.3. The number of carbonyl (C=O) groups excluding carboxylic acids is 12. The van der Waals surface area contributed by atoms with Gasteiger partial charge in [-0.1, -0.05) is 72.2 Å². The van der Waals surface area contributed by atoms with E-state index in [0.29, 0.717) is 43.5 Å². The predicted molar refractivity (Wildman–Crippen MR) is 359 cm³/mol. The Hall–Kier alpha value is -7.70. The van der Waals surface area contributed by atoms with Crippen molar-refractivity contribution in [1.82, 2.24) is 60.5 Å². The number of terminal acetylenes is 1. The van der Waals surface area contributed by atoms with Gasteiger partial charge < -0.3 is 60.5 Å². The van der Waals surface area contributed by atoms with Crippen molar-refractivity contribution in [1.29, 1.82) is 0 Å². The van der Waals surface area contributed by atoms with Crippen LogP contribution in [0.5, 0.6) is 0 Å². The lowest BCUT2D eigenvalue weighted by molar-refractivity contribution is -0.157. The second-order valence-electron chi connectivity index (χ2n) is 26.7. The molecule has 0 spiro atoms. The van der Waals surface area contributed by atoms with Crippen molar-refractivity contribution in [2.75, 3.05) is 75.0 Å². The molecule has 5 rings (SSSR count). The van der Waals surface area contributed by atoms with Crippen LogP contribution in [0.15, 0.2) is 48.5 Å². The summed E-state index contributed by atoms with van der Waals surface area (Å²) >= 11 is 2.10. The highest BCUT2D eigenvalue weighted by Crippen LogP contribution is 2.26. The molecule has 3 aliphatic heterocycles. The van der Waals surface area contributed by atoms with Crippen LogP contribution in [0.3, 0.4) is 0 Å². The summed E-state index contributed by atoms with van der Waals surface area (Å²) < 4.78 is 15.1. The zero-order valence-corrected chi connectivity index (χ0v) is 59.3. The maximum absolute atomic E-state index is 15.1. The summed E-state index contributed by atoms with van der Waals surface area (Å²) in [4.78, 5) is 186. The fraction of sp³-hybridized carbons (Fsp3) is 0.618. The first-order valence-electron chi connectivity index (χ1n) is 32.4. The average molecular weight is 1420 g/mol. The van der Waals surface area contributed by atoms with Crippen molar-refractivity contribution < 1.29 is 61.9 Å². The van der Waals surface area contributed by atoms with E-state index in [1.54, 1.807) is 30.0 Å². The predicted octanol–water partition coefficient (Wildman–Crippen LogP) is 2.97. The highest BCUT2D eigenvalue weighted by atomic mass is 127. The number of likely N-dealkylation sites (N-methyl/N-ethyl adjacent to an activating group) is 6. The molecule has 24 nitrogen and oxygen atoms in total. The van der Waals surface area contributed by atoms with Crippen LogP contribution in [0, 0.1) is 39.5 Å². The summed E-state index contributed by atoms with van der Waals surface area (Å²) in [6.07, 6.45) is 7.60. The molecule has 3 fully saturated rings. The van der Waals surface area contributed by atoms with Crippen LogP contribution >= 0.6 is 22.6 Å². The molecule has 9 atom stereocenters. The number of benzene rings is 2. The van der Waals surface area contributed by atoms with Crippen molar-refractivity contribution in [3.8, 4) is 12.3 Å². The average Bonchev–Trinajstić information content (AvgIpc) is 0.800. The SMILES string of the molecule is C#CC[C@@H]1NC(=O)[C@H](Cc2cccc(I)c2)NC(=O)CN(C)C(=O)[C@H](Cc2ccc(F)cc2)N(C)C(=O)C2CCN2C(=O)CN(C)C(=O)[C@H]([C@@H](C)CC)NC(=O)[C@H](CC(C)C)N(C)C(=O)C[C@@H](C(=O)N2CCCCC2)N(C)C(=O)[C@H](CC(C)C)NC(=O)C(C)(C)N(C)C1=O. The molecule has 2 aromatic carbocycles. The second kappa shape index (κ2) is 34.6. The zero-order valence-electron chi connectivity index (χ0n) is 57.1. The highest BCUT2D eigenvalue weighted by molar-refractivity contribution is 14.1. The normalized spacial score (nSPS) is 25.1. The number of halogens is 2. The van der Waals surface area contributed by atoms with Gasteiger partial charge in [-0.3, -0.25) is 57.5 Å². The largest absolute Gasteiger partial charge is 0.342 e. The number of nitrogens with one attached hydrogen (secondary N) is 4. The monoisotopic (exact) mass is 1420 g/mol. The topological polar surface area (TPSA) is 279 Å². The molecular weight excluding hydrogens is 1320 g/mol. The number of piperidine rings is 1. The summed E-state index contributed by atoms with van der Waals surface area (Å²) in [5.74, 6) is -7.52. The molecule has 12 amide bonds. The Kier molecular flexibility index (Phi) is 28.4. The van der Waals surface area contributed by atoms with E-state index in [1.165, 1.54) is 95.1 Å². The van der Waals surface area contributed by atoms with Crippen molar-refractivity contribution in [2.24, 2.45) is 17.8 Å². The van der Waals surface area contributed by atoms with Gasteiger partial charge in [0.05, 0.1) is 19.5 Å². The van der Waals surface area contributed by atoms with Gasteiger partial charge in [-0.25, -0.2) is 4.39 Å². The summed E-state index contributed by atoms with van der Waals surface area (Å²) in [6, 6.07) is 1.96. The number of nitrogens with zero attached hydrogens (tertiary/aromatic N) is 8. The molecule has 2 aromatic rings. The fourth-order valence-corrected chi connectivity index (χ4v) is 12.4. The smallest absolute Gasteiger partial charge is 0.246 e. The first kappa shape index (κ1) is 77.0. The van der Waals surface area contributed by atoms with Crippen molar-refractivity contribution in [2.45, 2.75) is 180 Å². The van der Waals surface area contributed by atoms with E-state index in [9.17, 15) is 57.1 Å². The minimum atomic E-state index is -1.77. The first-order chi connectivity index (χ1) is 44.1. The quantitative estimate of drug-likeness (QED) is 0.176. The molecule has 3 aliphatic rings. The van der Waals surface area contributed by atoms with Crippen LogP contribution in [0.4, 0.5) is 4.39 Å². The highest BCUT2D eigenvalue weighted by Gasteiger charge is 2.46. The summed E-state index contributed by atoms with van der Waals surface area (Å²) in [5.41, 5.74) is -0.705. The number of rotatable bonds is 12. The van der Waals surface area contributed by atoms with E-state index in [-0.39, 0.29) is 56.9 Å². The van der Waals surface area contributed by atoms with Crippen LogP contribution in [0.2, 0.25) is 0 Å². The lowest BCUT2D eigenvalue weighted by atomic mass is 9.95. The molecule has 3 heterocycles. The van der Waals surface area contributed by atoms with Crippen molar-refractivity contribution in [3.05, 3.63) is 69.0 Å². The third kappa shape index (κ3) is 20.2. The maximum atomic E-state index is 15.1. The Labute approximate surface area is 567 Å². The Bertz CT molecular complexity index is 3130. The van der Waals surface area contributed by atoms with Crippen LogP contribution in [0.1, 0.15) is 124 Å². The fourth-order valence-electron chi connectivity index (χ4n) is 11.8. The molecule has 516 valence electrons. The lowest BCUT2D eigenvalue weighted by Gasteiger charge is -2.43. The van der Waals surface area contributed by atoms with Gasteiger partial charge in [0.15, 0.2) is 0 Å². The molecule has 0 bridgehead atoms. The van der Waals surface area contributed by atoms with Gasteiger partial charge >= 0.3 is 0 Å². The Morgan fingerprint density at radius 3 is 1.85 bits per heavy atom. The van der Waals surface area contributed by atoms with E-state index >= 15 is 4.79 Å². The molecule has 1 unspecified atom stereocenters. The van der Waals surface area contributed by atoms with E-state index in [0.717, 1.165) is 29.6 Å². The molecule has 4 N–H and O–H groups in total. The number of hydrogen-bond donors (Lipinski definition) is 4. The Morgan fingerprint density at radius 2 is 1.28 bits per heavy atom. The van der Waals surface area contributed by atoms with Gasteiger partial charge in [-0.05, 0) is 128 Å². The van der Waals surface area contributed by atoms with Gasteiger partial charge in [0.1, 0.15) is 59.7 Å². The van der Waals surface area contributed by atoms with Gasteiger partial charge in [0, 0.05) is 84.8 Å². The van der Waals surface area contributed by atoms with Crippen LogP contribution in [-0.4, -0.2) is 239 Å². The minimum Gasteiger partial charge on any atom is -0.342 e. The third-order valence-corrected chi connectivity index (χ3v) is 19.0. The molecular formula is C68H98FIN12O12. The van der Waals surface area contributed by atoms with E-state index in [2.05, 4.69) is 49.8 Å².